The molecule has 0 aliphatic rings. The van der Waals surface area contributed by atoms with Gasteiger partial charge in [0.25, 0.3) is 0 Å². The Morgan fingerprint density at radius 1 is 0.958 bits per heavy atom. The molecule has 0 fully saturated rings. The average molecular weight is 448 g/mol. The molecule has 0 radical (unpaired) electrons. The highest BCUT2D eigenvalue weighted by Gasteiger charge is 2.08. The fraction of sp³-hybridized carbons (Fsp3) is 0.0714. The van der Waals surface area contributed by atoms with E-state index in [1.54, 1.807) is 26.6 Å². The van der Waals surface area contributed by atoms with Crippen LogP contribution >= 0.6 is 0 Å². The van der Waals surface area contributed by atoms with Crippen LogP contribution in [0.25, 0.3) is 22.4 Å². The van der Waals surface area contributed by atoms with Crippen molar-refractivity contribution in [3.63, 3.8) is 0 Å². The van der Waals surface area contributed by atoms with E-state index in [9.17, 15) is 0 Å². The van der Waals surface area contributed by atoms with Gasteiger partial charge in [-0.15, -0.1) is 0 Å². The zero-order valence-corrected chi connectivity index (χ0v) is 18.1. The maximum atomic E-state index is 6.08. The number of aryl methyl sites for hydroxylation is 1. The van der Waals surface area contributed by atoms with E-state index < -0.39 is 0 Å². The monoisotopic (exact) mass is 447 g/mol. The van der Waals surface area contributed by atoms with Crippen LogP contribution in [0.4, 0.5) is 5.69 Å². The molecule has 0 unspecified atom stereocenters. The molecule has 3 aromatic rings. The van der Waals surface area contributed by atoms with Crippen LogP contribution in [0.5, 0.6) is 0 Å². The predicted octanol–water partition coefficient (Wildman–Crippen LogP) is 3.10. The number of imidazole rings is 1. The Kier molecular flexibility index (Phi) is 8.39. The summed E-state index contributed by atoms with van der Waals surface area (Å²) in [6, 6.07) is 13.9. The van der Waals surface area contributed by atoms with Crippen LogP contribution in [-0.2, 0) is 66.8 Å². The average Bonchev–Trinajstić information content (AvgIpc) is 3.02. The van der Waals surface area contributed by atoms with Gasteiger partial charge < -0.3 is 10.7 Å². The Bertz CT molecular complexity index is 1010. The summed E-state index contributed by atoms with van der Waals surface area (Å²) in [6.45, 7) is 2.00. The number of H-pyrrole nitrogens is 1. The van der Waals surface area contributed by atoms with E-state index in [4.69, 9.17) is 5.73 Å². The number of nitrogens with two attached hydrogens (primary N) is 1. The fourth-order valence-corrected chi connectivity index (χ4v) is 10.2. The molecule has 3 nitrogen and oxygen atoms in total. The minimum Gasteiger partial charge on any atom is -0.398 e. The van der Waals surface area contributed by atoms with Gasteiger partial charge in [0.05, 0.1) is 11.0 Å². The molecule has 3 rings (SSSR count). The minimum absolute atomic E-state index is 0.784. The number of nitrogen functional groups attached to an aromatic ring is 1. The number of rotatable bonds is 1. The Labute approximate surface area is 164 Å². The third-order valence-electron chi connectivity index (χ3n) is 3.08. The lowest BCUT2D eigenvalue weighted by Crippen LogP contribution is -1.94. The van der Waals surface area contributed by atoms with Gasteiger partial charge in [0, 0.05) is 78.0 Å². The smallest absolute Gasteiger partial charge is 0.140 e. The molecule has 10 heteroatoms. The number of fused-ring (bicyclic) bond motifs is 1. The van der Waals surface area contributed by atoms with Crippen molar-refractivity contribution in [1.29, 1.82) is 0 Å². The summed E-state index contributed by atoms with van der Waals surface area (Å²) in [7, 11) is 7.36. The Morgan fingerprint density at radius 3 is 2.33 bits per heavy atom. The molecule has 2 aromatic carbocycles. The number of hydrogen-bond donors (Lipinski definition) is 2. The number of hydrogen-bond acceptors (Lipinski definition) is 4. The van der Waals surface area contributed by atoms with Crippen LogP contribution in [-0.4, -0.2) is 9.97 Å². The first-order valence-electron chi connectivity index (χ1n) is 6.56. The van der Waals surface area contributed by atoms with Gasteiger partial charge in [0.1, 0.15) is 5.82 Å². The van der Waals surface area contributed by atoms with Gasteiger partial charge in [0.2, 0.25) is 0 Å². The normalized spacial score (nSPS) is 9.54. The molecule has 1 heterocycles. The quantitative estimate of drug-likeness (QED) is 0.563. The van der Waals surface area contributed by atoms with E-state index in [0.29, 0.717) is 0 Å². The van der Waals surface area contributed by atoms with Gasteiger partial charge in [-0.2, -0.15) is 0 Å². The van der Waals surface area contributed by atoms with Crippen LogP contribution in [0.1, 0.15) is 5.56 Å². The SMILES string of the molecule is Cc1cccc(-c2nc3ccccc3[nH]2)c1N.S=S=S=S=S=S=S. The molecular formula is C14H13N3S7. The van der Waals surface area contributed by atoms with Gasteiger partial charge in [0.15, 0.2) is 0 Å². The van der Waals surface area contributed by atoms with E-state index in [2.05, 4.69) is 32.3 Å². The van der Waals surface area contributed by atoms with Crippen molar-refractivity contribution in [2.24, 2.45) is 0 Å². The summed E-state index contributed by atoms with van der Waals surface area (Å²) < 4.78 is 0. The number of aromatic nitrogens is 2. The number of nitrogens with zero attached hydrogens (tertiary/aromatic N) is 1. The maximum Gasteiger partial charge on any atom is 0.140 e. The highest BCUT2D eigenvalue weighted by atomic mass is 33.4. The molecule has 3 N–H and O–H groups in total. The summed E-state index contributed by atoms with van der Waals surface area (Å²) >= 11 is 9.14. The molecule has 0 saturated heterocycles. The van der Waals surface area contributed by atoms with Gasteiger partial charge in [-0.25, -0.2) is 4.98 Å². The van der Waals surface area contributed by atoms with Crippen LogP contribution in [0.3, 0.4) is 0 Å². The van der Waals surface area contributed by atoms with E-state index in [-0.39, 0.29) is 0 Å². The molecule has 0 bridgehead atoms. The molecule has 24 heavy (non-hydrogen) atoms. The van der Waals surface area contributed by atoms with Crippen molar-refractivity contribution in [2.45, 2.75) is 6.92 Å². The molecule has 0 aliphatic carbocycles. The highest BCUT2D eigenvalue weighted by Crippen LogP contribution is 2.27. The van der Waals surface area contributed by atoms with Crippen LogP contribution in [0.2, 0.25) is 0 Å². The van der Waals surface area contributed by atoms with E-state index in [0.717, 1.165) is 33.7 Å². The Morgan fingerprint density at radius 2 is 1.67 bits per heavy atom. The second kappa shape index (κ2) is 10.3. The van der Waals surface area contributed by atoms with E-state index >= 15 is 0 Å². The molecule has 0 spiro atoms. The van der Waals surface area contributed by atoms with Crippen molar-refractivity contribution >= 4 is 83.5 Å². The predicted molar refractivity (Wildman–Crippen MR) is 122 cm³/mol. The van der Waals surface area contributed by atoms with Gasteiger partial charge in [-0.05, 0) is 30.7 Å². The van der Waals surface area contributed by atoms with Crippen LogP contribution < -0.4 is 5.73 Å². The van der Waals surface area contributed by atoms with Crippen molar-refractivity contribution in [1.82, 2.24) is 9.97 Å². The number of nitrogens with one attached hydrogen (secondary N) is 1. The second-order valence-corrected chi connectivity index (χ2v) is 13.3. The summed E-state index contributed by atoms with van der Waals surface area (Å²) in [6.07, 6.45) is 0. The lowest BCUT2D eigenvalue weighted by atomic mass is 10.1. The molecular weight excluding hydrogens is 435 g/mol. The Balaban J connectivity index is 0.000000256. The van der Waals surface area contributed by atoms with Crippen molar-refractivity contribution in [2.75, 3.05) is 5.73 Å². The third kappa shape index (κ3) is 5.38. The third-order valence-corrected chi connectivity index (χ3v) is 12.0. The second-order valence-electron chi connectivity index (χ2n) is 4.48. The standard InChI is InChI=1S/C14H13N3.S7/c1-9-5-4-6-10(13(9)15)14-16-11-7-2-3-8-12(11)17-14;1-3-5-7-6-4-2/h2-8H,15H2,1H3,(H,16,17);. The van der Waals surface area contributed by atoms with Crippen LogP contribution in [0.15, 0.2) is 42.5 Å². The number of benzene rings is 2. The zero-order chi connectivity index (χ0) is 17.4. The first kappa shape index (κ1) is 19.6. The number of anilines is 1. The Hall–Kier alpha value is -0.750. The highest BCUT2D eigenvalue weighted by molar-refractivity contribution is 8.68. The summed E-state index contributed by atoms with van der Waals surface area (Å²) in [5.74, 6) is 0.826. The molecule has 0 aliphatic heterocycles. The van der Waals surface area contributed by atoms with Gasteiger partial charge in [-0.1, -0.05) is 24.3 Å². The lowest BCUT2D eigenvalue weighted by molar-refractivity contribution is 1.33. The first-order chi connectivity index (χ1) is 11.7. The number of aromatic amines is 1. The molecule has 0 saturated carbocycles. The van der Waals surface area contributed by atoms with Crippen molar-refractivity contribution in [3.05, 3.63) is 48.0 Å². The molecule has 0 amide bonds. The summed E-state index contributed by atoms with van der Waals surface area (Å²) in [5, 5.41) is 0. The topological polar surface area (TPSA) is 54.7 Å². The molecule has 126 valence electrons. The van der Waals surface area contributed by atoms with Gasteiger partial charge >= 0.3 is 0 Å². The lowest BCUT2D eigenvalue weighted by Gasteiger charge is -2.04. The largest absolute Gasteiger partial charge is 0.398 e. The van der Waals surface area contributed by atoms with Crippen molar-refractivity contribution < 1.29 is 0 Å². The van der Waals surface area contributed by atoms with Gasteiger partial charge in [-0.3, -0.25) is 0 Å². The molecule has 1 aromatic heterocycles. The minimum atomic E-state index is 0.784. The maximum absolute atomic E-state index is 6.08. The first-order valence-corrected chi connectivity index (χ1v) is 14.6. The zero-order valence-electron chi connectivity index (χ0n) is 12.4. The summed E-state index contributed by atoms with van der Waals surface area (Å²) in [4.78, 5) is 7.84. The molecule has 0 atom stereocenters. The fourth-order valence-electron chi connectivity index (χ4n) is 2.00. The van der Waals surface area contributed by atoms with Crippen LogP contribution in [0, 0.1) is 6.92 Å². The van der Waals surface area contributed by atoms with Crippen molar-refractivity contribution in [3.8, 4) is 11.4 Å². The summed E-state index contributed by atoms with van der Waals surface area (Å²) in [5.41, 5.74) is 10.9. The van der Waals surface area contributed by atoms with E-state index in [1.807, 2.05) is 49.4 Å². The van der Waals surface area contributed by atoms with E-state index in [1.165, 1.54) is 17.8 Å². The number of para-hydroxylation sites is 3.